The second-order valence-corrected chi connectivity index (χ2v) is 8.27. The quantitative estimate of drug-likeness (QED) is 0.325. The first kappa shape index (κ1) is 24.9. The lowest BCUT2D eigenvalue weighted by Gasteiger charge is -2.22. The highest BCUT2D eigenvalue weighted by atomic mass is 16.4. The minimum atomic E-state index is -1.17. The number of benzene rings is 2. The molecule has 0 aliphatic carbocycles. The summed E-state index contributed by atoms with van der Waals surface area (Å²) in [5, 5.41) is 20.5. The van der Waals surface area contributed by atoms with E-state index in [1.54, 1.807) is 24.3 Å². The largest absolute Gasteiger partial charge is 0.480 e. The molecule has 9 nitrogen and oxygen atoms in total. The van der Waals surface area contributed by atoms with Gasteiger partial charge in [-0.25, -0.2) is 4.79 Å². The van der Waals surface area contributed by atoms with Gasteiger partial charge in [-0.05, 0) is 30.5 Å². The number of rotatable bonds is 11. The summed E-state index contributed by atoms with van der Waals surface area (Å²) >= 11 is 0. The third kappa shape index (κ3) is 7.70. The fourth-order valence-corrected chi connectivity index (χ4v) is 3.83. The van der Waals surface area contributed by atoms with E-state index in [-0.39, 0.29) is 31.3 Å². The Morgan fingerprint density at radius 2 is 1.47 bits per heavy atom. The highest BCUT2D eigenvalue weighted by Gasteiger charge is 2.28. The minimum Gasteiger partial charge on any atom is -0.480 e. The Hall–Kier alpha value is -3.72. The standard InChI is InChI=1S/C25H30N4O5/c30-22(16-27-23(31)19-12-7-13-26-19)28-20(14-17-8-3-1-4-9-17)24(32)29-21(25(33)34)15-18-10-5-2-6-11-18/h1-6,8-11,19-21,26H,7,12-16H2,(H,27,31)(H,28,30)(H,29,32)(H,33,34). The normalized spacial score (nSPS) is 16.8. The van der Waals surface area contributed by atoms with E-state index in [9.17, 15) is 24.3 Å². The Morgan fingerprint density at radius 1 is 0.882 bits per heavy atom. The van der Waals surface area contributed by atoms with Crippen molar-refractivity contribution in [2.75, 3.05) is 13.1 Å². The van der Waals surface area contributed by atoms with E-state index in [4.69, 9.17) is 0 Å². The average Bonchev–Trinajstić information content (AvgIpc) is 3.38. The lowest BCUT2D eigenvalue weighted by Crippen LogP contribution is -2.54. The van der Waals surface area contributed by atoms with Crippen LogP contribution in [-0.4, -0.2) is 60.0 Å². The Labute approximate surface area is 198 Å². The van der Waals surface area contributed by atoms with E-state index in [2.05, 4.69) is 21.3 Å². The molecule has 34 heavy (non-hydrogen) atoms. The van der Waals surface area contributed by atoms with Crippen molar-refractivity contribution >= 4 is 23.7 Å². The molecular formula is C25H30N4O5. The number of carboxylic acids is 1. The number of hydrogen-bond acceptors (Lipinski definition) is 5. The van der Waals surface area contributed by atoms with Gasteiger partial charge in [0, 0.05) is 12.8 Å². The van der Waals surface area contributed by atoms with E-state index in [1.165, 1.54) is 0 Å². The van der Waals surface area contributed by atoms with Crippen LogP contribution in [0.15, 0.2) is 60.7 Å². The summed E-state index contributed by atoms with van der Waals surface area (Å²) in [6.07, 6.45) is 1.90. The maximum absolute atomic E-state index is 13.0. The fraction of sp³-hybridized carbons (Fsp3) is 0.360. The van der Waals surface area contributed by atoms with Gasteiger partial charge >= 0.3 is 5.97 Å². The van der Waals surface area contributed by atoms with Crippen molar-refractivity contribution in [2.24, 2.45) is 0 Å². The number of carbonyl (C=O) groups excluding carboxylic acids is 3. The van der Waals surface area contributed by atoms with Crippen LogP contribution in [0.2, 0.25) is 0 Å². The second-order valence-electron chi connectivity index (χ2n) is 8.27. The Kier molecular flexibility index (Phi) is 9.16. The summed E-state index contributed by atoms with van der Waals surface area (Å²) in [6, 6.07) is 15.6. The summed E-state index contributed by atoms with van der Waals surface area (Å²) in [5.41, 5.74) is 1.57. The molecule has 3 rings (SSSR count). The first-order valence-corrected chi connectivity index (χ1v) is 11.3. The molecule has 1 heterocycles. The van der Waals surface area contributed by atoms with Gasteiger partial charge in [-0.15, -0.1) is 0 Å². The summed E-state index contributed by atoms with van der Waals surface area (Å²) in [4.78, 5) is 49.5. The van der Waals surface area contributed by atoms with Gasteiger partial charge in [0.1, 0.15) is 12.1 Å². The average molecular weight is 467 g/mol. The van der Waals surface area contributed by atoms with Crippen molar-refractivity contribution < 1.29 is 24.3 Å². The first-order valence-electron chi connectivity index (χ1n) is 11.3. The molecule has 1 saturated heterocycles. The van der Waals surface area contributed by atoms with Crippen LogP contribution in [0.5, 0.6) is 0 Å². The molecule has 1 fully saturated rings. The zero-order valence-electron chi connectivity index (χ0n) is 18.8. The van der Waals surface area contributed by atoms with Gasteiger partial charge in [-0.3, -0.25) is 14.4 Å². The molecule has 0 bridgehead atoms. The third-order valence-electron chi connectivity index (χ3n) is 5.63. The Balaban J connectivity index is 1.64. The highest BCUT2D eigenvalue weighted by Crippen LogP contribution is 2.07. The van der Waals surface area contributed by atoms with E-state index in [1.807, 2.05) is 36.4 Å². The zero-order chi connectivity index (χ0) is 24.3. The fourth-order valence-electron chi connectivity index (χ4n) is 3.83. The molecule has 0 aromatic heterocycles. The third-order valence-corrected chi connectivity index (χ3v) is 5.63. The zero-order valence-corrected chi connectivity index (χ0v) is 18.8. The second kappa shape index (κ2) is 12.5. The van der Waals surface area contributed by atoms with Crippen LogP contribution in [0, 0.1) is 0 Å². The van der Waals surface area contributed by atoms with E-state index < -0.39 is 29.9 Å². The Morgan fingerprint density at radius 3 is 2.00 bits per heavy atom. The minimum absolute atomic E-state index is 0.109. The van der Waals surface area contributed by atoms with Gasteiger partial charge in [-0.2, -0.15) is 0 Å². The van der Waals surface area contributed by atoms with E-state index >= 15 is 0 Å². The predicted octanol–water partition coefficient (Wildman–Crippen LogP) is 0.394. The molecule has 180 valence electrons. The van der Waals surface area contributed by atoms with Crippen molar-refractivity contribution in [3.05, 3.63) is 71.8 Å². The molecule has 1 aliphatic heterocycles. The first-order chi connectivity index (χ1) is 16.4. The van der Waals surface area contributed by atoms with Gasteiger partial charge in [0.2, 0.25) is 17.7 Å². The molecule has 3 amide bonds. The number of carbonyl (C=O) groups is 4. The maximum atomic E-state index is 13.0. The molecule has 3 atom stereocenters. The van der Waals surface area contributed by atoms with Gasteiger partial charge < -0.3 is 26.4 Å². The van der Waals surface area contributed by atoms with Gasteiger partial charge in [-0.1, -0.05) is 60.7 Å². The number of aliphatic carboxylic acids is 1. The topological polar surface area (TPSA) is 137 Å². The van der Waals surface area contributed by atoms with Crippen LogP contribution in [0.3, 0.4) is 0 Å². The molecule has 0 spiro atoms. The number of nitrogens with one attached hydrogen (secondary N) is 4. The maximum Gasteiger partial charge on any atom is 0.326 e. The van der Waals surface area contributed by atoms with Crippen LogP contribution < -0.4 is 21.3 Å². The van der Waals surface area contributed by atoms with Crippen LogP contribution in [0.25, 0.3) is 0 Å². The van der Waals surface area contributed by atoms with Crippen LogP contribution >= 0.6 is 0 Å². The lowest BCUT2D eigenvalue weighted by atomic mass is 10.0. The van der Waals surface area contributed by atoms with Crippen molar-refractivity contribution in [3.63, 3.8) is 0 Å². The summed E-state index contributed by atoms with van der Waals surface area (Å²) in [7, 11) is 0. The van der Waals surface area contributed by atoms with Gasteiger partial charge in [0.05, 0.1) is 12.6 Å². The molecule has 9 heteroatoms. The number of carboxylic acid groups (broad SMARTS) is 1. The van der Waals surface area contributed by atoms with Crippen LogP contribution in [0.1, 0.15) is 24.0 Å². The van der Waals surface area contributed by atoms with E-state index in [0.29, 0.717) is 6.42 Å². The van der Waals surface area contributed by atoms with Crippen molar-refractivity contribution in [1.82, 2.24) is 21.3 Å². The van der Waals surface area contributed by atoms with Crippen molar-refractivity contribution in [3.8, 4) is 0 Å². The van der Waals surface area contributed by atoms with Crippen LogP contribution in [-0.2, 0) is 32.0 Å². The number of hydrogen-bond donors (Lipinski definition) is 5. The van der Waals surface area contributed by atoms with Gasteiger partial charge in [0.15, 0.2) is 0 Å². The molecule has 5 N–H and O–H groups in total. The van der Waals surface area contributed by atoms with Crippen LogP contribution in [0.4, 0.5) is 0 Å². The molecular weight excluding hydrogens is 436 g/mol. The predicted molar refractivity (Wildman–Crippen MR) is 126 cm³/mol. The highest BCUT2D eigenvalue weighted by molar-refractivity contribution is 5.92. The van der Waals surface area contributed by atoms with Crippen molar-refractivity contribution in [1.29, 1.82) is 0 Å². The smallest absolute Gasteiger partial charge is 0.326 e. The molecule has 1 aliphatic rings. The molecule has 0 saturated carbocycles. The monoisotopic (exact) mass is 466 g/mol. The lowest BCUT2D eigenvalue weighted by molar-refractivity contribution is -0.142. The summed E-state index contributed by atoms with van der Waals surface area (Å²) < 4.78 is 0. The SMILES string of the molecule is O=C(CNC(=O)C1CCCN1)NC(Cc1ccccc1)C(=O)NC(Cc1ccccc1)C(=O)O. The Bertz CT molecular complexity index is 977. The number of amides is 3. The van der Waals surface area contributed by atoms with Crippen molar-refractivity contribution in [2.45, 2.75) is 43.8 Å². The summed E-state index contributed by atoms with van der Waals surface area (Å²) in [5.74, 6) is -2.56. The molecule has 3 unspecified atom stereocenters. The van der Waals surface area contributed by atoms with Gasteiger partial charge in [0.25, 0.3) is 0 Å². The summed E-state index contributed by atoms with van der Waals surface area (Å²) in [6.45, 7) is 0.485. The van der Waals surface area contributed by atoms with E-state index in [0.717, 1.165) is 24.1 Å². The molecule has 0 radical (unpaired) electrons. The molecule has 2 aromatic rings. The molecule has 2 aromatic carbocycles.